The van der Waals surface area contributed by atoms with Gasteiger partial charge in [-0.2, -0.15) is 0 Å². The summed E-state index contributed by atoms with van der Waals surface area (Å²) in [6, 6.07) is 21.4. The highest BCUT2D eigenvalue weighted by atomic mass is 32.2. The molecule has 22 heavy (non-hydrogen) atoms. The van der Waals surface area contributed by atoms with E-state index in [9.17, 15) is 8.42 Å². The van der Waals surface area contributed by atoms with Crippen LogP contribution in [0.2, 0.25) is 0 Å². The van der Waals surface area contributed by atoms with E-state index < -0.39 is 9.84 Å². The van der Waals surface area contributed by atoms with Crippen LogP contribution in [0.5, 0.6) is 0 Å². The Hall–Kier alpha value is -2.13. The third kappa shape index (κ3) is 3.20. The standard InChI is InChI=1S/C19H18O2S/c1-15-7-2-3-9-17(15)13-22(20,21)14-18-11-6-10-16-8-4-5-12-19(16)18/h2-12H,13-14H2,1H3. The van der Waals surface area contributed by atoms with Crippen LogP contribution in [0.15, 0.2) is 66.7 Å². The number of rotatable bonds is 4. The molecule has 0 aromatic heterocycles. The molecule has 0 N–H and O–H groups in total. The second-order valence-electron chi connectivity index (χ2n) is 5.60. The molecule has 2 nitrogen and oxygen atoms in total. The molecule has 3 aromatic rings. The van der Waals surface area contributed by atoms with Crippen LogP contribution in [0, 0.1) is 6.92 Å². The summed E-state index contributed by atoms with van der Waals surface area (Å²) in [5.41, 5.74) is 2.76. The fourth-order valence-electron chi connectivity index (χ4n) is 2.72. The summed E-state index contributed by atoms with van der Waals surface area (Å²) in [5.74, 6) is 0.158. The van der Waals surface area contributed by atoms with Gasteiger partial charge in [-0.05, 0) is 34.4 Å². The van der Waals surface area contributed by atoms with Crippen LogP contribution in [-0.2, 0) is 21.3 Å². The largest absolute Gasteiger partial charge is 0.228 e. The van der Waals surface area contributed by atoms with Gasteiger partial charge in [0.15, 0.2) is 9.84 Å². The fraction of sp³-hybridized carbons (Fsp3) is 0.158. The summed E-state index contributed by atoms with van der Waals surface area (Å²) in [6.45, 7) is 1.95. The lowest BCUT2D eigenvalue weighted by atomic mass is 10.1. The van der Waals surface area contributed by atoms with Gasteiger partial charge in [0.2, 0.25) is 0 Å². The maximum absolute atomic E-state index is 12.6. The maximum Gasteiger partial charge on any atom is 0.158 e. The molecule has 0 saturated heterocycles. The van der Waals surface area contributed by atoms with Gasteiger partial charge in [0.05, 0.1) is 11.5 Å². The number of benzene rings is 3. The molecule has 0 bridgehead atoms. The van der Waals surface area contributed by atoms with Gasteiger partial charge in [0.1, 0.15) is 0 Å². The first-order chi connectivity index (χ1) is 10.6. The molecule has 0 unspecified atom stereocenters. The lowest BCUT2D eigenvalue weighted by Crippen LogP contribution is -2.09. The van der Waals surface area contributed by atoms with Crippen molar-refractivity contribution in [1.82, 2.24) is 0 Å². The Kier molecular flexibility index (Phi) is 3.99. The van der Waals surface area contributed by atoms with Gasteiger partial charge in [-0.1, -0.05) is 66.7 Å². The lowest BCUT2D eigenvalue weighted by Gasteiger charge is -2.09. The zero-order valence-electron chi connectivity index (χ0n) is 12.5. The van der Waals surface area contributed by atoms with Crippen molar-refractivity contribution in [1.29, 1.82) is 0 Å². The molecule has 0 aliphatic rings. The van der Waals surface area contributed by atoms with E-state index in [-0.39, 0.29) is 11.5 Å². The Balaban J connectivity index is 1.92. The Morgan fingerprint density at radius 1 is 0.727 bits per heavy atom. The Morgan fingerprint density at radius 2 is 1.32 bits per heavy atom. The van der Waals surface area contributed by atoms with Gasteiger partial charge in [-0.25, -0.2) is 8.42 Å². The summed E-state index contributed by atoms with van der Waals surface area (Å²) in [6.07, 6.45) is 0. The first-order valence-corrected chi connectivity index (χ1v) is 9.09. The fourth-order valence-corrected chi connectivity index (χ4v) is 4.34. The molecule has 0 spiro atoms. The molecular weight excluding hydrogens is 292 g/mol. The Morgan fingerprint density at radius 3 is 2.14 bits per heavy atom. The first kappa shape index (κ1) is 14.8. The molecule has 0 atom stereocenters. The predicted octanol–water partition coefficient (Wildman–Crippen LogP) is 4.26. The number of fused-ring (bicyclic) bond motifs is 1. The normalized spacial score (nSPS) is 11.7. The minimum atomic E-state index is -3.20. The number of aryl methyl sites for hydroxylation is 1. The van der Waals surface area contributed by atoms with Crippen LogP contribution in [0.25, 0.3) is 10.8 Å². The first-order valence-electron chi connectivity index (χ1n) is 7.27. The monoisotopic (exact) mass is 310 g/mol. The van der Waals surface area contributed by atoms with Crippen molar-refractivity contribution in [2.75, 3.05) is 0 Å². The summed E-state index contributed by atoms with van der Waals surface area (Å²) in [4.78, 5) is 0. The van der Waals surface area contributed by atoms with Crippen molar-refractivity contribution >= 4 is 20.6 Å². The molecule has 112 valence electrons. The van der Waals surface area contributed by atoms with E-state index in [1.807, 2.05) is 73.7 Å². The van der Waals surface area contributed by atoms with Crippen LogP contribution in [0.3, 0.4) is 0 Å². The van der Waals surface area contributed by atoms with Gasteiger partial charge < -0.3 is 0 Å². The molecule has 0 saturated carbocycles. The minimum absolute atomic E-state index is 0.0721. The molecule has 0 aliphatic heterocycles. The SMILES string of the molecule is Cc1ccccc1CS(=O)(=O)Cc1cccc2ccccc12. The van der Waals surface area contributed by atoms with Crippen molar-refractivity contribution < 1.29 is 8.42 Å². The third-order valence-corrected chi connectivity index (χ3v) is 5.39. The molecule has 0 heterocycles. The second kappa shape index (κ2) is 5.93. The van der Waals surface area contributed by atoms with Crippen molar-refractivity contribution in [3.05, 3.63) is 83.4 Å². The Labute approximate surface area is 131 Å². The van der Waals surface area contributed by atoms with Crippen LogP contribution >= 0.6 is 0 Å². The summed E-state index contributed by atoms with van der Waals surface area (Å²) >= 11 is 0. The smallest absolute Gasteiger partial charge is 0.158 e. The van der Waals surface area contributed by atoms with E-state index >= 15 is 0 Å². The van der Waals surface area contributed by atoms with E-state index in [0.29, 0.717) is 0 Å². The van der Waals surface area contributed by atoms with Crippen LogP contribution in [-0.4, -0.2) is 8.42 Å². The molecule has 0 amide bonds. The van der Waals surface area contributed by atoms with Crippen LogP contribution in [0.1, 0.15) is 16.7 Å². The summed E-state index contributed by atoms with van der Waals surface area (Å²) in [7, 11) is -3.20. The second-order valence-corrected chi connectivity index (χ2v) is 7.66. The van der Waals surface area contributed by atoms with Crippen LogP contribution in [0.4, 0.5) is 0 Å². The number of sulfone groups is 1. The minimum Gasteiger partial charge on any atom is -0.228 e. The van der Waals surface area contributed by atoms with Gasteiger partial charge >= 0.3 is 0 Å². The lowest BCUT2D eigenvalue weighted by molar-refractivity contribution is 0.594. The number of hydrogen-bond donors (Lipinski definition) is 0. The van der Waals surface area contributed by atoms with Gasteiger partial charge in [0, 0.05) is 0 Å². The maximum atomic E-state index is 12.6. The molecule has 3 aromatic carbocycles. The highest BCUT2D eigenvalue weighted by molar-refractivity contribution is 7.89. The summed E-state index contributed by atoms with van der Waals surface area (Å²) in [5, 5.41) is 2.09. The van der Waals surface area contributed by atoms with E-state index in [4.69, 9.17) is 0 Å². The zero-order chi connectivity index (χ0) is 15.6. The van der Waals surface area contributed by atoms with Gasteiger partial charge in [-0.15, -0.1) is 0 Å². The van der Waals surface area contributed by atoms with E-state index in [2.05, 4.69) is 0 Å². The molecular formula is C19H18O2S. The molecule has 0 fully saturated rings. The van der Waals surface area contributed by atoms with E-state index in [1.54, 1.807) is 0 Å². The van der Waals surface area contributed by atoms with Crippen molar-refractivity contribution in [2.45, 2.75) is 18.4 Å². The van der Waals surface area contributed by atoms with E-state index in [1.165, 1.54) is 0 Å². The predicted molar refractivity (Wildman–Crippen MR) is 91.5 cm³/mol. The molecule has 3 heteroatoms. The third-order valence-electron chi connectivity index (χ3n) is 3.89. The zero-order valence-corrected chi connectivity index (χ0v) is 13.3. The number of hydrogen-bond acceptors (Lipinski definition) is 2. The summed E-state index contributed by atoms with van der Waals surface area (Å²) < 4.78 is 25.1. The highest BCUT2D eigenvalue weighted by Gasteiger charge is 2.15. The molecule has 0 radical (unpaired) electrons. The average Bonchev–Trinajstić information content (AvgIpc) is 2.49. The highest BCUT2D eigenvalue weighted by Crippen LogP contribution is 2.22. The quantitative estimate of drug-likeness (QED) is 0.721. The van der Waals surface area contributed by atoms with Crippen LogP contribution < -0.4 is 0 Å². The van der Waals surface area contributed by atoms with E-state index in [0.717, 1.165) is 27.5 Å². The van der Waals surface area contributed by atoms with Gasteiger partial charge in [0.25, 0.3) is 0 Å². The van der Waals surface area contributed by atoms with Crippen molar-refractivity contribution in [3.63, 3.8) is 0 Å². The topological polar surface area (TPSA) is 34.1 Å². The Bertz CT molecular complexity index is 906. The molecule has 0 aliphatic carbocycles. The van der Waals surface area contributed by atoms with Gasteiger partial charge in [-0.3, -0.25) is 0 Å². The van der Waals surface area contributed by atoms with Crippen molar-refractivity contribution in [2.24, 2.45) is 0 Å². The van der Waals surface area contributed by atoms with Crippen molar-refractivity contribution in [3.8, 4) is 0 Å². The average molecular weight is 310 g/mol. The molecule has 3 rings (SSSR count).